The molecule has 1 heterocycles. The first-order chi connectivity index (χ1) is 7.09. The number of phenols is 1. The van der Waals surface area contributed by atoms with Crippen molar-refractivity contribution in [1.82, 2.24) is 5.16 Å². The van der Waals surface area contributed by atoms with E-state index >= 15 is 0 Å². The number of rotatable bonds is 1. The van der Waals surface area contributed by atoms with E-state index < -0.39 is 0 Å². The minimum atomic E-state index is 0.0516. The largest absolute Gasteiger partial charge is 0.506 e. The lowest BCUT2D eigenvalue weighted by Crippen LogP contribution is -1.83. The first-order valence-corrected chi connectivity index (χ1v) is 4.68. The van der Waals surface area contributed by atoms with Crippen molar-refractivity contribution in [1.29, 1.82) is 0 Å². The van der Waals surface area contributed by atoms with Gasteiger partial charge in [0.05, 0.1) is 5.02 Å². The van der Waals surface area contributed by atoms with E-state index in [2.05, 4.69) is 5.16 Å². The van der Waals surface area contributed by atoms with Gasteiger partial charge in [0.15, 0.2) is 0 Å². The molecule has 0 saturated carbocycles. The Labute approximate surface area is 91.3 Å². The van der Waals surface area contributed by atoms with Crippen LogP contribution in [0.2, 0.25) is 5.02 Å². The van der Waals surface area contributed by atoms with E-state index in [0.717, 1.165) is 0 Å². The van der Waals surface area contributed by atoms with Crippen LogP contribution in [0.5, 0.6) is 5.75 Å². The summed E-state index contributed by atoms with van der Waals surface area (Å²) < 4.78 is 4.73. The van der Waals surface area contributed by atoms with Gasteiger partial charge >= 0.3 is 0 Å². The van der Waals surface area contributed by atoms with E-state index in [1.165, 1.54) is 0 Å². The molecule has 5 heteroatoms. The molecule has 1 aromatic carbocycles. The van der Waals surface area contributed by atoms with Gasteiger partial charge < -0.3 is 15.4 Å². The molecule has 0 atom stereocenters. The predicted molar refractivity (Wildman–Crippen MR) is 57.8 cm³/mol. The van der Waals surface area contributed by atoms with Crippen LogP contribution in [0.4, 0.5) is 5.88 Å². The standard InChI is InChI=1S/C10H9ClN2O2/c1-5-2-3-6(9(11)10(5)14)7-4-8(12)15-13-7/h2-4,14H,12H2,1H3. The van der Waals surface area contributed by atoms with E-state index in [0.29, 0.717) is 16.8 Å². The molecule has 0 amide bonds. The van der Waals surface area contributed by atoms with Gasteiger partial charge in [0.1, 0.15) is 11.4 Å². The molecule has 0 bridgehead atoms. The monoisotopic (exact) mass is 224 g/mol. The third-order valence-corrected chi connectivity index (χ3v) is 2.50. The smallest absolute Gasteiger partial charge is 0.222 e. The summed E-state index contributed by atoms with van der Waals surface area (Å²) in [4.78, 5) is 0. The van der Waals surface area contributed by atoms with Crippen LogP contribution in [0.15, 0.2) is 22.7 Å². The van der Waals surface area contributed by atoms with Gasteiger partial charge in [-0.1, -0.05) is 28.9 Å². The Morgan fingerprint density at radius 2 is 2.20 bits per heavy atom. The fourth-order valence-corrected chi connectivity index (χ4v) is 1.58. The molecular weight excluding hydrogens is 216 g/mol. The topological polar surface area (TPSA) is 72.3 Å². The Balaban J connectivity index is 2.59. The Hall–Kier alpha value is -1.68. The van der Waals surface area contributed by atoms with Crippen LogP contribution >= 0.6 is 11.6 Å². The van der Waals surface area contributed by atoms with Gasteiger partial charge in [0.2, 0.25) is 5.88 Å². The molecule has 15 heavy (non-hydrogen) atoms. The molecule has 0 aliphatic rings. The van der Waals surface area contributed by atoms with E-state index in [-0.39, 0.29) is 16.7 Å². The quantitative estimate of drug-likeness (QED) is 0.781. The number of hydrogen-bond donors (Lipinski definition) is 2. The molecule has 0 spiro atoms. The third-order valence-electron chi connectivity index (χ3n) is 2.12. The molecule has 0 aliphatic heterocycles. The highest BCUT2D eigenvalue weighted by Gasteiger charge is 2.13. The van der Waals surface area contributed by atoms with Crippen molar-refractivity contribution in [3.8, 4) is 17.0 Å². The molecular formula is C10H9ClN2O2. The molecule has 4 nitrogen and oxygen atoms in total. The van der Waals surface area contributed by atoms with Crippen molar-refractivity contribution in [2.45, 2.75) is 6.92 Å². The molecule has 78 valence electrons. The van der Waals surface area contributed by atoms with Crippen molar-refractivity contribution in [2.75, 3.05) is 5.73 Å². The lowest BCUT2D eigenvalue weighted by molar-refractivity contribution is 0.439. The van der Waals surface area contributed by atoms with Gasteiger partial charge in [0.25, 0.3) is 0 Å². The molecule has 0 radical (unpaired) electrons. The van der Waals surface area contributed by atoms with Gasteiger partial charge in [-0.05, 0) is 12.5 Å². The van der Waals surface area contributed by atoms with E-state index in [9.17, 15) is 5.11 Å². The lowest BCUT2D eigenvalue weighted by atomic mass is 10.1. The van der Waals surface area contributed by atoms with Crippen LogP contribution in [0, 0.1) is 6.92 Å². The molecule has 0 fully saturated rings. The number of aromatic nitrogens is 1. The first kappa shape index (κ1) is 9.86. The van der Waals surface area contributed by atoms with Crippen LogP contribution in [0.3, 0.4) is 0 Å². The van der Waals surface area contributed by atoms with E-state index in [4.69, 9.17) is 21.9 Å². The Morgan fingerprint density at radius 1 is 1.47 bits per heavy atom. The van der Waals surface area contributed by atoms with Crippen molar-refractivity contribution < 1.29 is 9.63 Å². The van der Waals surface area contributed by atoms with Crippen molar-refractivity contribution >= 4 is 17.5 Å². The normalized spacial score (nSPS) is 10.5. The number of phenolic OH excluding ortho intramolecular Hbond substituents is 1. The molecule has 0 unspecified atom stereocenters. The molecule has 0 aliphatic carbocycles. The van der Waals surface area contributed by atoms with Gasteiger partial charge in [-0.25, -0.2) is 0 Å². The Bertz CT molecular complexity index is 508. The maximum Gasteiger partial charge on any atom is 0.222 e. The second-order valence-corrected chi connectivity index (χ2v) is 3.59. The summed E-state index contributed by atoms with van der Waals surface area (Å²) >= 11 is 5.97. The van der Waals surface area contributed by atoms with Crippen LogP contribution in [-0.4, -0.2) is 10.3 Å². The highest BCUT2D eigenvalue weighted by atomic mass is 35.5. The summed E-state index contributed by atoms with van der Waals surface area (Å²) in [6.45, 7) is 1.77. The lowest BCUT2D eigenvalue weighted by Gasteiger charge is -2.04. The summed E-state index contributed by atoms with van der Waals surface area (Å²) in [6.07, 6.45) is 0. The van der Waals surface area contributed by atoms with Crippen molar-refractivity contribution in [3.63, 3.8) is 0 Å². The zero-order valence-electron chi connectivity index (χ0n) is 7.99. The molecule has 2 rings (SSSR count). The second kappa shape index (κ2) is 3.47. The number of aryl methyl sites for hydroxylation is 1. The maximum absolute atomic E-state index is 9.63. The van der Waals surface area contributed by atoms with Crippen molar-refractivity contribution in [3.05, 3.63) is 28.8 Å². The molecule has 3 N–H and O–H groups in total. The van der Waals surface area contributed by atoms with Crippen LogP contribution in [0.1, 0.15) is 5.56 Å². The summed E-state index contributed by atoms with van der Waals surface area (Å²) in [5.74, 6) is 0.261. The fourth-order valence-electron chi connectivity index (χ4n) is 1.28. The molecule has 1 aromatic heterocycles. The van der Waals surface area contributed by atoms with Crippen LogP contribution in [-0.2, 0) is 0 Å². The summed E-state index contributed by atoms with van der Waals surface area (Å²) in [7, 11) is 0. The number of nitrogens with two attached hydrogens (primary N) is 1. The highest BCUT2D eigenvalue weighted by molar-refractivity contribution is 6.34. The minimum absolute atomic E-state index is 0.0516. The van der Waals surface area contributed by atoms with Crippen molar-refractivity contribution in [2.24, 2.45) is 0 Å². The van der Waals surface area contributed by atoms with Gasteiger partial charge in [0, 0.05) is 11.6 Å². The maximum atomic E-state index is 9.63. The van der Waals surface area contributed by atoms with E-state index in [1.54, 1.807) is 25.1 Å². The van der Waals surface area contributed by atoms with Crippen LogP contribution in [0.25, 0.3) is 11.3 Å². The SMILES string of the molecule is Cc1ccc(-c2cc(N)on2)c(Cl)c1O. The van der Waals surface area contributed by atoms with Gasteiger partial charge in [-0.2, -0.15) is 0 Å². The average Bonchev–Trinajstić information content (AvgIpc) is 2.61. The zero-order chi connectivity index (χ0) is 11.0. The zero-order valence-corrected chi connectivity index (χ0v) is 8.75. The molecule has 0 saturated heterocycles. The number of nitrogen functional groups attached to an aromatic ring is 1. The van der Waals surface area contributed by atoms with Gasteiger partial charge in [-0.15, -0.1) is 0 Å². The van der Waals surface area contributed by atoms with Gasteiger partial charge in [-0.3, -0.25) is 0 Å². The number of aromatic hydroxyl groups is 1. The number of hydrogen-bond acceptors (Lipinski definition) is 4. The van der Waals surface area contributed by atoms with Crippen LogP contribution < -0.4 is 5.73 Å². The minimum Gasteiger partial charge on any atom is -0.506 e. The van der Waals surface area contributed by atoms with E-state index in [1.807, 2.05) is 0 Å². The summed E-state index contributed by atoms with van der Waals surface area (Å²) in [5.41, 5.74) is 7.21. The highest BCUT2D eigenvalue weighted by Crippen LogP contribution is 2.36. The Kier molecular flexibility index (Phi) is 2.28. The number of nitrogens with zero attached hydrogens (tertiary/aromatic N) is 1. The average molecular weight is 225 g/mol. The predicted octanol–water partition coefficient (Wildman–Crippen LogP) is 2.59. The number of halogens is 1. The third kappa shape index (κ3) is 1.64. The number of benzene rings is 1. The molecule has 2 aromatic rings. The first-order valence-electron chi connectivity index (χ1n) is 4.30. The fraction of sp³-hybridized carbons (Fsp3) is 0.100. The Morgan fingerprint density at radius 3 is 2.80 bits per heavy atom. The second-order valence-electron chi connectivity index (χ2n) is 3.21. The number of anilines is 1. The summed E-state index contributed by atoms with van der Waals surface area (Å²) in [6, 6.07) is 5.06. The summed E-state index contributed by atoms with van der Waals surface area (Å²) in [5, 5.41) is 13.6.